The quantitative estimate of drug-likeness (QED) is 0.852. The number of hydrogen-bond donors (Lipinski definition) is 0. The van der Waals surface area contributed by atoms with E-state index in [1.807, 2.05) is 54.3 Å². The number of halogens is 1. The monoisotopic (exact) mass is 344 g/mol. The fraction of sp³-hybridized carbons (Fsp3) is 0.316. The molecule has 0 aromatic heterocycles. The molecule has 1 amide bonds. The zero-order valence-electron chi connectivity index (χ0n) is 14.0. The third-order valence-corrected chi connectivity index (χ3v) is 4.63. The van der Waals surface area contributed by atoms with Crippen molar-refractivity contribution in [1.82, 2.24) is 4.90 Å². The summed E-state index contributed by atoms with van der Waals surface area (Å²) in [6, 6.07) is 13.4. The Morgan fingerprint density at radius 2 is 1.83 bits per heavy atom. The van der Waals surface area contributed by atoms with Crippen LogP contribution in [0.2, 0.25) is 5.02 Å². The normalized spacial score (nSPS) is 14.6. The van der Waals surface area contributed by atoms with Crippen molar-refractivity contribution >= 4 is 23.2 Å². The highest BCUT2D eigenvalue weighted by atomic mass is 35.5. The van der Waals surface area contributed by atoms with E-state index in [4.69, 9.17) is 16.3 Å². The minimum Gasteiger partial charge on any atom is -0.496 e. The van der Waals surface area contributed by atoms with Gasteiger partial charge < -0.3 is 14.5 Å². The van der Waals surface area contributed by atoms with E-state index in [1.54, 1.807) is 7.11 Å². The average Bonchev–Trinajstić information content (AvgIpc) is 2.62. The van der Waals surface area contributed by atoms with Gasteiger partial charge >= 0.3 is 0 Å². The Bertz CT molecular complexity index is 740. The molecule has 0 N–H and O–H groups in total. The molecule has 1 fully saturated rings. The highest BCUT2D eigenvalue weighted by Gasteiger charge is 2.23. The number of ether oxygens (including phenoxy) is 1. The van der Waals surface area contributed by atoms with Gasteiger partial charge in [-0.15, -0.1) is 0 Å². The lowest BCUT2D eigenvalue weighted by molar-refractivity contribution is 0.0746. The lowest BCUT2D eigenvalue weighted by atomic mass is 10.1. The van der Waals surface area contributed by atoms with Crippen molar-refractivity contribution in [3.05, 3.63) is 58.6 Å². The van der Waals surface area contributed by atoms with Crippen LogP contribution in [0, 0.1) is 6.92 Å². The molecule has 1 aliphatic rings. The van der Waals surface area contributed by atoms with E-state index < -0.39 is 0 Å². The van der Waals surface area contributed by atoms with E-state index in [-0.39, 0.29) is 5.91 Å². The Hall–Kier alpha value is -2.20. The van der Waals surface area contributed by atoms with Crippen molar-refractivity contribution in [1.29, 1.82) is 0 Å². The molecular weight excluding hydrogens is 324 g/mol. The molecular formula is C19H21ClN2O2. The maximum Gasteiger partial charge on any atom is 0.254 e. The predicted molar refractivity (Wildman–Crippen MR) is 97.3 cm³/mol. The van der Waals surface area contributed by atoms with Gasteiger partial charge in [0.2, 0.25) is 0 Å². The van der Waals surface area contributed by atoms with Crippen molar-refractivity contribution in [3.63, 3.8) is 0 Å². The van der Waals surface area contributed by atoms with Gasteiger partial charge in [0, 0.05) is 42.5 Å². The molecule has 2 aromatic rings. The van der Waals surface area contributed by atoms with Crippen LogP contribution in [0.4, 0.5) is 5.69 Å². The molecule has 0 unspecified atom stereocenters. The number of piperazine rings is 1. The molecule has 1 heterocycles. The van der Waals surface area contributed by atoms with Crippen LogP contribution in [0.15, 0.2) is 42.5 Å². The maximum atomic E-state index is 12.7. The van der Waals surface area contributed by atoms with Crippen LogP contribution < -0.4 is 9.64 Å². The van der Waals surface area contributed by atoms with Crippen LogP contribution in [0.25, 0.3) is 0 Å². The highest BCUT2D eigenvalue weighted by Crippen LogP contribution is 2.23. The van der Waals surface area contributed by atoms with Crippen LogP contribution in [0.3, 0.4) is 0 Å². The molecule has 0 radical (unpaired) electrons. The second kappa shape index (κ2) is 7.14. The minimum atomic E-state index is 0.0547. The molecule has 0 saturated carbocycles. The van der Waals surface area contributed by atoms with E-state index in [0.717, 1.165) is 35.1 Å². The Morgan fingerprint density at radius 3 is 2.50 bits per heavy atom. The summed E-state index contributed by atoms with van der Waals surface area (Å²) in [5.74, 6) is 0.803. The first-order valence-corrected chi connectivity index (χ1v) is 8.40. The smallest absolute Gasteiger partial charge is 0.254 e. The topological polar surface area (TPSA) is 32.8 Å². The van der Waals surface area contributed by atoms with E-state index in [9.17, 15) is 4.79 Å². The van der Waals surface area contributed by atoms with Gasteiger partial charge in [-0.2, -0.15) is 0 Å². The molecule has 0 aliphatic carbocycles. The first kappa shape index (κ1) is 16.7. The van der Waals surface area contributed by atoms with Crippen molar-refractivity contribution < 1.29 is 9.53 Å². The van der Waals surface area contributed by atoms with Crippen LogP contribution >= 0.6 is 11.6 Å². The molecule has 5 heteroatoms. The number of carbonyl (C=O) groups excluding carboxylic acids is 1. The Balaban J connectivity index is 1.67. The second-order valence-electron chi connectivity index (χ2n) is 5.94. The fourth-order valence-corrected chi connectivity index (χ4v) is 3.16. The summed E-state index contributed by atoms with van der Waals surface area (Å²) < 4.78 is 5.32. The summed E-state index contributed by atoms with van der Waals surface area (Å²) in [5, 5.41) is 0.734. The summed E-state index contributed by atoms with van der Waals surface area (Å²) in [7, 11) is 1.63. The summed E-state index contributed by atoms with van der Waals surface area (Å²) in [5.41, 5.74) is 2.81. The third kappa shape index (κ3) is 3.49. The van der Waals surface area contributed by atoms with Gasteiger partial charge in [0.05, 0.1) is 7.11 Å². The third-order valence-electron chi connectivity index (χ3n) is 4.40. The van der Waals surface area contributed by atoms with Crippen molar-refractivity contribution in [2.45, 2.75) is 6.92 Å². The molecule has 0 bridgehead atoms. The van der Waals surface area contributed by atoms with E-state index in [2.05, 4.69) is 4.90 Å². The first-order chi connectivity index (χ1) is 11.6. The number of rotatable bonds is 3. The lowest BCUT2D eigenvalue weighted by Gasteiger charge is -2.36. The lowest BCUT2D eigenvalue weighted by Crippen LogP contribution is -2.48. The standard InChI is InChI=1S/C19H21ClN2O2/c1-14-6-7-15(12-18(14)24-2)19(23)22-10-8-21(9-11-22)17-5-3-4-16(20)13-17/h3-7,12-13H,8-11H2,1-2H3. The van der Waals surface area contributed by atoms with E-state index in [0.29, 0.717) is 18.7 Å². The molecule has 1 aliphatic heterocycles. The van der Waals surface area contributed by atoms with Gasteiger partial charge in [0.15, 0.2) is 0 Å². The van der Waals surface area contributed by atoms with E-state index in [1.165, 1.54) is 0 Å². The summed E-state index contributed by atoms with van der Waals surface area (Å²) in [6.07, 6.45) is 0. The fourth-order valence-electron chi connectivity index (χ4n) is 2.98. The average molecular weight is 345 g/mol. The van der Waals surface area contributed by atoms with Gasteiger partial charge in [0.1, 0.15) is 5.75 Å². The molecule has 4 nitrogen and oxygen atoms in total. The van der Waals surface area contributed by atoms with Gasteiger partial charge in [-0.3, -0.25) is 4.79 Å². The number of hydrogen-bond acceptors (Lipinski definition) is 3. The number of aryl methyl sites for hydroxylation is 1. The number of methoxy groups -OCH3 is 1. The number of anilines is 1. The largest absolute Gasteiger partial charge is 0.496 e. The Labute approximate surface area is 147 Å². The first-order valence-electron chi connectivity index (χ1n) is 8.03. The SMILES string of the molecule is COc1cc(C(=O)N2CCN(c3cccc(Cl)c3)CC2)ccc1C. The molecule has 24 heavy (non-hydrogen) atoms. The number of amides is 1. The van der Waals surface area contributed by atoms with Crippen molar-refractivity contribution in [3.8, 4) is 5.75 Å². The Kier molecular flexibility index (Phi) is 4.95. The van der Waals surface area contributed by atoms with Crippen molar-refractivity contribution in [2.75, 3.05) is 38.2 Å². The summed E-state index contributed by atoms with van der Waals surface area (Å²) in [4.78, 5) is 16.9. The molecule has 0 atom stereocenters. The van der Waals surface area contributed by atoms with Gasteiger partial charge in [-0.1, -0.05) is 23.7 Å². The number of carbonyl (C=O) groups is 1. The van der Waals surface area contributed by atoms with Crippen LogP contribution in [-0.4, -0.2) is 44.1 Å². The molecule has 3 rings (SSSR count). The summed E-state index contributed by atoms with van der Waals surface area (Å²) >= 11 is 6.06. The second-order valence-corrected chi connectivity index (χ2v) is 6.38. The van der Waals surface area contributed by atoms with Crippen LogP contribution in [-0.2, 0) is 0 Å². The van der Waals surface area contributed by atoms with E-state index >= 15 is 0 Å². The minimum absolute atomic E-state index is 0.0547. The Morgan fingerprint density at radius 1 is 1.08 bits per heavy atom. The zero-order chi connectivity index (χ0) is 17.1. The van der Waals surface area contributed by atoms with Gasteiger partial charge in [0.25, 0.3) is 5.91 Å². The van der Waals surface area contributed by atoms with Crippen LogP contribution in [0.1, 0.15) is 15.9 Å². The molecule has 1 saturated heterocycles. The maximum absolute atomic E-state index is 12.7. The molecule has 0 spiro atoms. The number of benzene rings is 2. The number of nitrogens with zero attached hydrogens (tertiary/aromatic N) is 2. The molecule has 2 aromatic carbocycles. The highest BCUT2D eigenvalue weighted by molar-refractivity contribution is 6.30. The van der Waals surface area contributed by atoms with Gasteiger partial charge in [-0.05, 0) is 42.8 Å². The van der Waals surface area contributed by atoms with Crippen LogP contribution in [0.5, 0.6) is 5.75 Å². The summed E-state index contributed by atoms with van der Waals surface area (Å²) in [6.45, 7) is 4.96. The zero-order valence-corrected chi connectivity index (χ0v) is 14.7. The van der Waals surface area contributed by atoms with Crippen molar-refractivity contribution in [2.24, 2.45) is 0 Å². The van der Waals surface area contributed by atoms with Gasteiger partial charge in [-0.25, -0.2) is 0 Å². The predicted octanol–water partition coefficient (Wildman–Crippen LogP) is 3.62. The molecule has 126 valence electrons.